The topological polar surface area (TPSA) is 292 Å². The maximum Gasteiger partial charge on any atom is 0.472 e. The summed E-state index contributed by atoms with van der Waals surface area (Å²) in [5.74, 6) is 0.0761. The Balaban J connectivity index is 1.24. The molecule has 7 atom stereocenters. The predicted molar refractivity (Wildman–Crippen MR) is 134 cm³/mol. The number of nitrogens with zero attached hydrogens (tertiary/aromatic N) is 6. The minimum Gasteiger partial charge on any atom is -0.388 e. The number of hydrogen-bond acceptors (Lipinski definition) is 15. The third-order valence-electron chi connectivity index (χ3n) is 6.10. The molecule has 0 aliphatic carbocycles. The molecule has 20 nitrogen and oxygen atoms in total. The second kappa shape index (κ2) is 11.4. The number of ether oxygens (including phenoxy) is 2. The highest BCUT2D eigenvalue weighted by molar-refractivity contribution is 7.47. The van der Waals surface area contributed by atoms with Crippen molar-refractivity contribution in [2.24, 2.45) is 0 Å². The zero-order chi connectivity index (χ0) is 29.5. The Hall–Kier alpha value is -2.87. The molecule has 0 amide bonds. The molecule has 41 heavy (non-hydrogen) atoms. The minimum absolute atomic E-state index is 0.0522. The molecule has 8 N–H and O–H groups in total. The molecule has 0 aromatic carbocycles. The molecule has 2 aliphatic rings. The number of aliphatic hydroxyl groups is 1. The van der Waals surface area contributed by atoms with Crippen LogP contribution in [0, 0.1) is 6.42 Å². The third-order valence-corrected chi connectivity index (χ3v) is 7.60. The first kappa shape index (κ1) is 29.6. The van der Waals surface area contributed by atoms with Crippen molar-refractivity contribution < 1.29 is 52.0 Å². The molecule has 223 valence electrons. The summed E-state index contributed by atoms with van der Waals surface area (Å²) < 4.78 is 52.6. The number of imidazole rings is 1. The largest absolute Gasteiger partial charge is 0.472 e. The number of nitrogens with two attached hydrogens (primary N) is 2. The van der Waals surface area contributed by atoms with E-state index in [9.17, 15) is 23.9 Å². The Morgan fingerprint density at radius 2 is 1.85 bits per heavy atom. The van der Waals surface area contributed by atoms with E-state index in [1.54, 1.807) is 0 Å². The SMILES string of the molecule is Nc1ccn([C@H]2C[C@H](OP(=O)(O)OC[C@@H]3[CH][C@@H](O)[C@H](n4cnc5c(N)ncnc54)O3)[C@@H](COP(=O)(O)O)O2)c(=O)n1. The van der Waals surface area contributed by atoms with Crippen LogP contribution in [-0.2, 0) is 32.2 Å². The van der Waals surface area contributed by atoms with E-state index >= 15 is 0 Å². The van der Waals surface area contributed by atoms with Gasteiger partial charge in [-0.3, -0.25) is 22.7 Å². The van der Waals surface area contributed by atoms with Crippen LogP contribution in [0.3, 0.4) is 0 Å². The van der Waals surface area contributed by atoms with Crippen molar-refractivity contribution in [3.63, 3.8) is 0 Å². The van der Waals surface area contributed by atoms with Gasteiger partial charge in [-0.1, -0.05) is 0 Å². The van der Waals surface area contributed by atoms with Crippen LogP contribution in [0.4, 0.5) is 11.6 Å². The fourth-order valence-corrected chi connectivity index (χ4v) is 5.62. The molecule has 3 aromatic rings. The first-order valence-corrected chi connectivity index (χ1v) is 14.8. The zero-order valence-corrected chi connectivity index (χ0v) is 22.5. The van der Waals surface area contributed by atoms with Gasteiger partial charge in [0.2, 0.25) is 0 Å². The Morgan fingerprint density at radius 1 is 1.07 bits per heavy atom. The summed E-state index contributed by atoms with van der Waals surface area (Å²) in [4.78, 5) is 56.4. The Kier molecular flexibility index (Phi) is 8.25. The summed E-state index contributed by atoms with van der Waals surface area (Å²) in [6.07, 6.45) is -1.94. The number of phosphoric ester groups is 2. The molecule has 22 heteroatoms. The summed E-state index contributed by atoms with van der Waals surface area (Å²) in [5.41, 5.74) is 11.1. The van der Waals surface area contributed by atoms with Gasteiger partial charge in [0.1, 0.15) is 42.2 Å². The van der Waals surface area contributed by atoms with Gasteiger partial charge in [0, 0.05) is 19.0 Å². The molecule has 1 radical (unpaired) electrons. The highest BCUT2D eigenvalue weighted by Crippen LogP contribution is 2.49. The number of aromatic nitrogens is 6. The van der Waals surface area contributed by atoms with Crippen LogP contribution in [0.2, 0.25) is 0 Å². The lowest BCUT2D eigenvalue weighted by Gasteiger charge is -2.22. The highest BCUT2D eigenvalue weighted by atomic mass is 31.2. The molecule has 3 aromatic heterocycles. The number of anilines is 2. The maximum absolute atomic E-state index is 12.8. The number of fused-ring (bicyclic) bond motifs is 1. The third kappa shape index (κ3) is 6.79. The van der Waals surface area contributed by atoms with Crippen LogP contribution in [0.15, 0.2) is 29.7 Å². The second-order valence-electron chi connectivity index (χ2n) is 8.93. The molecule has 2 aliphatic heterocycles. The molecule has 2 saturated heterocycles. The predicted octanol–water partition coefficient (Wildman–Crippen LogP) is -1.39. The molecule has 0 spiro atoms. The van der Waals surface area contributed by atoms with Crippen molar-refractivity contribution in [3.8, 4) is 0 Å². The fourth-order valence-electron chi connectivity index (χ4n) is 4.32. The van der Waals surface area contributed by atoms with Crippen molar-refractivity contribution >= 4 is 38.4 Å². The van der Waals surface area contributed by atoms with Gasteiger partial charge in [0.25, 0.3) is 0 Å². The van der Waals surface area contributed by atoms with Gasteiger partial charge in [-0.15, -0.1) is 0 Å². The summed E-state index contributed by atoms with van der Waals surface area (Å²) in [7, 11) is -9.81. The van der Waals surface area contributed by atoms with Crippen molar-refractivity contribution in [2.45, 2.75) is 43.3 Å². The van der Waals surface area contributed by atoms with Crippen LogP contribution in [0.1, 0.15) is 18.9 Å². The van der Waals surface area contributed by atoms with Crippen LogP contribution in [0.25, 0.3) is 11.2 Å². The number of phosphoric acid groups is 2. The average molecular weight is 619 g/mol. The van der Waals surface area contributed by atoms with Gasteiger partial charge in [0.15, 0.2) is 17.7 Å². The monoisotopic (exact) mass is 619 g/mol. The van der Waals surface area contributed by atoms with E-state index in [1.807, 2.05) is 0 Å². The normalized spacial score (nSPS) is 28.3. The van der Waals surface area contributed by atoms with Crippen LogP contribution in [0.5, 0.6) is 0 Å². The molecule has 2 fully saturated rings. The van der Waals surface area contributed by atoms with Gasteiger partial charge in [-0.25, -0.2) is 28.9 Å². The number of rotatable bonds is 10. The van der Waals surface area contributed by atoms with Gasteiger partial charge >= 0.3 is 21.3 Å². The first-order valence-electron chi connectivity index (χ1n) is 11.8. The van der Waals surface area contributed by atoms with E-state index in [0.29, 0.717) is 11.2 Å². The molecular formula is C19H25N8O12P2. The molecule has 1 unspecified atom stereocenters. The number of nitrogen functional groups attached to an aromatic ring is 2. The van der Waals surface area contributed by atoms with Gasteiger partial charge in [-0.2, -0.15) is 4.98 Å². The van der Waals surface area contributed by atoms with Crippen LogP contribution in [-0.4, -0.2) is 86.5 Å². The number of hydrogen-bond donors (Lipinski definition) is 6. The molecule has 5 heterocycles. The Bertz CT molecular complexity index is 1560. The Morgan fingerprint density at radius 3 is 2.59 bits per heavy atom. The van der Waals surface area contributed by atoms with Crippen molar-refractivity contribution in [1.29, 1.82) is 0 Å². The Labute approximate surface area is 229 Å². The summed E-state index contributed by atoms with van der Waals surface area (Å²) in [6, 6.07) is 1.31. The van der Waals surface area contributed by atoms with E-state index in [4.69, 9.17) is 39.8 Å². The van der Waals surface area contributed by atoms with E-state index in [-0.39, 0.29) is 18.1 Å². The average Bonchev–Trinajstić information content (AvgIpc) is 3.58. The molecule has 5 rings (SSSR count). The number of aliphatic hydroxyl groups excluding tert-OH is 1. The van der Waals surface area contributed by atoms with E-state index < -0.39 is 71.4 Å². The van der Waals surface area contributed by atoms with Crippen LogP contribution < -0.4 is 17.2 Å². The minimum atomic E-state index is -4.94. The quantitative estimate of drug-likeness (QED) is 0.142. The fraction of sp³-hybridized carbons (Fsp3) is 0.474. The first-order chi connectivity index (χ1) is 19.3. The van der Waals surface area contributed by atoms with Crippen molar-refractivity contribution in [2.75, 3.05) is 24.7 Å². The zero-order valence-electron chi connectivity index (χ0n) is 20.8. The summed E-state index contributed by atoms with van der Waals surface area (Å²) in [5, 5.41) is 10.5. The second-order valence-corrected chi connectivity index (χ2v) is 11.6. The van der Waals surface area contributed by atoms with Gasteiger partial charge < -0.3 is 40.7 Å². The standard InChI is InChI=1S/C19H25N8O12P2/c20-13-1-2-26(19(29)25-13)14-4-11(12(38-14)6-35-40(30,31)32)39-41(33,34)36-5-9-3-10(28)18(37-9)27-8-24-15-16(21)22-7-23-17(15)27/h1-3,7-12,14,18,28H,4-6H2,(H,33,34)(H2,20,25,29)(H2,21,22,23)(H2,30,31,32)/t9-,10+,11-,12+,14+,18+/m0/s1. The smallest absolute Gasteiger partial charge is 0.388 e. The van der Waals surface area contributed by atoms with Crippen molar-refractivity contribution in [3.05, 3.63) is 41.8 Å². The molecular weight excluding hydrogens is 594 g/mol. The lowest BCUT2D eigenvalue weighted by molar-refractivity contribution is -0.0558. The van der Waals surface area contributed by atoms with E-state index in [1.165, 1.54) is 35.9 Å². The molecule has 0 saturated carbocycles. The van der Waals surface area contributed by atoms with Crippen LogP contribution >= 0.6 is 15.6 Å². The van der Waals surface area contributed by atoms with E-state index in [0.717, 1.165) is 4.57 Å². The lowest BCUT2D eigenvalue weighted by Crippen LogP contribution is -2.29. The highest BCUT2D eigenvalue weighted by Gasteiger charge is 2.44. The maximum atomic E-state index is 12.8. The molecule has 0 bridgehead atoms. The summed E-state index contributed by atoms with van der Waals surface area (Å²) >= 11 is 0. The summed E-state index contributed by atoms with van der Waals surface area (Å²) in [6.45, 7) is -1.28. The van der Waals surface area contributed by atoms with Gasteiger partial charge in [0.05, 0.1) is 25.6 Å². The van der Waals surface area contributed by atoms with Gasteiger partial charge in [-0.05, 0) is 6.07 Å². The van der Waals surface area contributed by atoms with E-state index in [2.05, 4.69) is 24.5 Å². The lowest BCUT2D eigenvalue weighted by atomic mass is 10.2. The van der Waals surface area contributed by atoms with Crippen molar-refractivity contribution in [1.82, 2.24) is 29.1 Å².